The quantitative estimate of drug-likeness (QED) is 0.760. The number of benzene rings is 1. The van der Waals surface area contributed by atoms with Gasteiger partial charge in [0.05, 0.1) is 6.54 Å². The minimum atomic E-state index is -0.291. The molecule has 0 saturated carbocycles. The second-order valence-corrected chi connectivity index (χ2v) is 5.44. The zero-order valence-electron chi connectivity index (χ0n) is 11.8. The van der Waals surface area contributed by atoms with E-state index >= 15 is 0 Å². The van der Waals surface area contributed by atoms with Crippen molar-refractivity contribution >= 4 is 11.6 Å². The van der Waals surface area contributed by atoms with Gasteiger partial charge in [-0.3, -0.25) is 9.69 Å². The van der Waals surface area contributed by atoms with Crippen molar-refractivity contribution in [2.45, 2.75) is 19.4 Å². The van der Waals surface area contributed by atoms with E-state index < -0.39 is 0 Å². The molecule has 5 nitrogen and oxygen atoms in total. The molecule has 0 spiro atoms. The summed E-state index contributed by atoms with van der Waals surface area (Å²) < 4.78 is 5.37. The molecule has 0 aromatic heterocycles. The van der Waals surface area contributed by atoms with Gasteiger partial charge in [0.25, 0.3) is 0 Å². The standard InChI is InChI=1S/C15H23N3O2/c16-14-3-1-2-13(8-14)10-18(11-15(17)19)9-12-4-6-20-7-5-12/h1-3,8,12H,4-7,9-11,16H2,(H2,17,19). The van der Waals surface area contributed by atoms with Gasteiger partial charge in [0.15, 0.2) is 0 Å². The van der Waals surface area contributed by atoms with Crippen molar-refractivity contribution in [2.24, 2.45) is 11.7 Å². The predicted octanol–water partition coefficient (Wildman–Crippen LogP) is 0.983. The highest BCUT2D eigenvalue weighted by Crippen LogP contribution is 2.18. The van der Waals surface area contributed by atoms with Crippen molar-refractivity contribution in [3.05, 3.63) is 29.8 Å². The van der Waals surface area contributed by atoms with E-state index in [1.54, 1.807) is 0 Å². The van der Waals surface area contributed by atoms with Crippen LogP contribution >= 0.6 is 0 Å². The van der Waals surface area contributed by atoms with Gasteiger partial charge in [-0.25, -0.2) is 0 Å². The molecule has 1 fully saturated rings. The lowest BCUT2D eigenvalue weighted by Crippen LogP contribution is -2.38. The first kappa shape index (κ1) is 14.8. The molecular weight excluding hydrogens is 254 g/mol. The van der Waals surface area contributed by atoms with Gasteiger partial charge in [0.2, 0.25) is 5.91 Å². The molecule has 1 aliphatic rings. The number of anilines is 1. The molecule has 110 valence electrons. The first-order valence-corrected chi connectivity index (χ1v) is 7.06. The Morgan fingerprint density at radius 2 is 2.10 bits per heavy atom. The van der Waals surface area contributed by atoms with Crippen molar-refractivity contribution in [3.63, 3.8) is 0 Å². The van der Waals surface area contributed by atoms with Gasteiger partial charge in [-0.05, 0) is 36.5 Å². The van der Waals surface area contributed by atoms with E-state index in [0.29, 0.717) is 12.5 Å². The molecule has 0 atom stereocenters. The number of hydrogen-bond donors (Lipinski definition) is 2. The van der Waals surface area contributed by atoms with Gasteiger partial charge in [0, 0.05) is 32.0 Å². The van der Waals surface area contributed by atoms with E-state index in [4.69, 9.17) is 16.2 Å². The Morgan fingerprint density at radius 1 is 1.35 bits per heavy atom. The number of primary amides is 1. The molecule has 5 heteroatoms. The van der Waals surface area contributed by atoms with Crippen LogP contribution in [0.1, 0.15) is 18.4 Å². The van der Waals surface area contributed by atoms with Crippen LogP contribution in [0.25, 0.3) is 0 Å². The second kappa shape index (κ2) is 7.26. The Bertz CT molecular complexity index is 444. The lowest BCUT2D eigenvalue weighted by Gasteiger charge is -2.29. The molecule has 1 saturated heterocycles. The average Bonchev–Trinajstić information content (AvgIpc) is 2.39. The van der Waals surface area contributed by atoms with Crippen LogP contribution in [0.4, 0.5) is 5.69 Å². The molecule has 4 N–H and O–H groups in total. The number of carbonyl (C=O) groups excluding carboxylic acids is 1. The van der Waals surface area contributed by atoms with Gasteiger partial charge in [0.1, 0.15) is 0 Å². The van der Waals surface area contributed by atoms with Crippen LogP contribution in [0.3, 0.4) is 0 Å². The fraction of sp³-hybridized carbons (Fsp3) is 0.533. The van der Waals surface area contributed by atoms with E-state index in [1.165, 1.54) is 0 Å². The summed E-state index contributed by atoms with van der Waals surface area (Å²) in [6.07, 6.45) is 2.10. The fourth-order valence-corrected chi connectivity index (χ4v) is 2.65. The Labute approximate surface area is 119 Å². The maximum absolute atomic E-state index is 11.2. The molecule has 0 radical (unpaired) electrons. The second-order valence-electron chi connectivity index (χ2n) is 5.44. The first-order valence-electron chi connectivity index (χ1n) is 7.06. The first-order chi connectivity index (χ1) is 9.63. The smallest absolute Gasteiger partial charge is 0.231 e. The lowest BCUT2D eigenvalue weighted by atomic mass is 9.99. The van der Waals surface area contributed by atoms with Crippen molar-refractivity contribution in [1.29, 1.82) is 0 Å². The normalized spacial score (nSPS) is 16.4. The summed E-state index contributed by atoms with van der Waals surface area (Å²) >= 11 is 0. The highest BCUT2D eigenvalue weighted by molar-refractivity contribution is 5.75. The lowest BCUT2D eigenvalue weighted by molar-refractivity contribution is -0.119. The Kier molecular flexibility index (Phi) is 5.38. The molecule has 1 aliphatic heterocycles. The summed E-state index contributed by atoms with van der Waals surface area (Å²) in [4.78, 5) is 13.3. The van der Waals surface area contributed by atoms with Gasteiger partial charge in [-0.2, -0.15) is 0 Å². The number of nitrogens with two attached hydrogens (primary N) is 2. The maximum Gasteiger partial charge on any atom is 0.231 e. The average molecular weight is 277 g/mol. The number of carbonyl (C=O) groups is 1. The van der Waals surface area contributed by atoms with Gasteiger partial charge in [-0.1, -0.05) is 12.1 Å². The SMILES string of the molecule is NC(=O)CN(Cc1cccc(N)c1)CC1CCOCC1. The van der Waals surface area contributed by atoms with E-state index in [1.807, 2.05) is 24.3 Å². The van der Waals surface area contributed by atoms with Crippen LogP contribution in [0.2, 0.25) is 0 Å². The maximum atomic E-state index is 11.2. The molecule has 1 heterocycles. The monoisotopic (exact) mass is 277 g/mol. The molecule has 0 bridgehead atoms. The molecule has 2 rings (SSSR count). The molecule has 0 aliphatic carbocycles. The summed E-state index contributed by atoms with van der Waals surface area (Å²) in [5.41, 5.74) is 13.0. The van der Waals surface area contributed by atoms with Crippen LogP contribution in [-0.2, 0) is 16.1 Å². The minimum Gasteiger partial charge on any atom is -0.399 e. The Hall–Kier alpha value is -1.59. The van der Waals surface area contributed by atoms with Gasteiger partial charge >= 0.3 is 0 Å². The largest absolute Gasteiger partial charge is 0.399 e. The van der Waals surface area contributed by atoms with E-state index in [-0.39, 0.29) is 12.5 Å². The zero-order chi connectivity index (χ0) is 14.4. The summed E-state index contributed by atoms with van der Waals surface area (Å²) in [7, 11) is 0. The van der Waals surface area contributed by atoms with Crippen molar-refractivity contribution in [3.8, 4) is 0 Å². The highest BCUT2D eigenvalue weighted by atomic mass is 16.5. The van der Waals surface area contributed by atoms with Crippen LogP contribution in [0.5, 0.6) is 0 Å². The third-order valence-electron chi connectivity index (χ3n) is 3.59. The number of ether oxygens (including phenoxy) is 1. The summed E-state index contributed by atoms with van der Waals surface area (Å²) in [5.74, 6) is 0.283. The summed E-state index contributed by atoms with van der Waals surface area (Å²) in [6, 6.07) is 7.76. The van der Waals surface area contributed by atoms with Crippen LogP contribution < -0.4 is 11.5 Å². The summed E-state index contributed by atoms with van der Waals surface area (Å²) in [6.45, 7) is 3.49. The Balaban J connectivity index is 1.97. The molecule has 20 heavy (non-hydrogen) atoms. The van der Waals surface area contributed by atoms with E-state index in [9.17, 15) is 4.79 Å². The number of rotatable bonds is 6. The molecule has 1 aromatic rings. The van der Waals surface area contributed by atoms with E-state index in [2.05, 4.69) is 4.90 Å². The number of hydrogen-bond acceptors (Lipinski definition) is 4. The molecule has 0 unspecified atom stereocenters. The van der Waals surface area contributed by atoms with Crippen LogP contribution in [0.15, 0.2) is 24.3 Å². The predicted molar refractivity (Wildman–Crippen MR) is 78.9 cm³/mol. The van der Waals surface area contributed by atoms with Crippen molar-refractivity contribution < 1.29 is 9.53 Å². The number of amides is 1. The molecule has 1 aromatic carbocycles. The fourth-order valence-electron chi connectivity index (χ4n) is 2.65. The van der Waals surface area contributed by atoms with Gasteiger partial charge in [-0.15, -0.1) is 0 Å². The van der Waals surface area contributed by atoms with Crippen LogP contribution in [-0.4, -0.2) is 37.1 Å². The minimum absolute atomic E-state index is 0.284. The molecular formula is C15H23N3O2. The number of nitrogen functional groups attached to an aromatic ring is 1. The van der Waals surface area contributed by atoms with Crippen molar-refractivity contribution in [1.82, 2.24) is 4.90 Å². The van der Waals surface area contributed by atoms with E-state index in [0.717, 1.165) is 43.9 Å². The third kappa shape index (κ3) is 4.83. The molecule has 1 amide bonds. The summed E-state index contributed by atoms with van der Waals surface area (Å²) in [5, 5.41) is 0. The van der Waals surface area contributed by atoms with Gasteiger partial charge < -0.3 is 16.2 Å². The Morgan fingerprint density at radius 3 is 2.75 bits per heavy atom. The topological polar surface area (TPSA) is 81.6 Å². The van der Waals surface area contributed by atoms with Crippen molar-refractivity contribution in [2.75, 3.05) is 32.0 Å². The third-order valence-corrected chi connectivity index (χ3v) is 3.59. The highest BCUT2D eigenvalue weighted by Gasteiger charge is 2.19. The van der Waals surface area contributed by atoms with Crippen LogP contribution in [0, 0.1) is 5.92 Å². The zero-order valence-corrected chi connectivity index (χ0v) is 11.8. The number of nitrogens with zero attached hydrogens (tertiary/aromatic N) is 1.